The van der Waals surface area contributed by atoms with Gasteiger partial charge in [0.15, 0.2) is 0 Å². The van der Waals surface area contributed by atoms with Crippen LogP contribution in [-0.4, -0.2) is 17.6 Å². The minimum absolute atomic E-state index is 0.290. The Bertz CT molecular complexity index is 842. The Kier molecular flexibility index (Phi) is 5.30. The predicted molar refractivity (Wildman–Crippen MR) is 103 cm³/mol. The normalized spacial score (nSPS) is 10.3. The van der Waals surface area contributed by atoms with Gasteiger partial charge in [-0.25, -0.2) is 9.78 Å². The largest absolute Gasteiger partial charge is 0.494 e. The molecule has 0 radical (unpaired) electrons. The molecule has 6 heteroatoms. The number of nitrogens with one attached hydrogen (secondary N) is 2. The third-order valence-electron chi connectivity index (χ3n) is 3.48. The summed E-state index contributed by atoms with van der Waals surface area (Å²) in [5, 5.41) is 8.67. The standard InChI is InChI=1S/C19H19N3O2S/c1-3-24-17-10-8-16(9-11-17)22-19(23)21-15-6-4-14(5-7-15)18-12-25-13(2)20-18/h4-12H,3H2,1-2H3,(H2,21,22,23). The van der Waals surface area contributed by atoms with Crippen molar-refractivity contribution in [3.8, 4) is 17.0 Å². The number of aryl methyl sites for hydroxylation is 1. The molecule has 5 nitrogen and oxygen atoms in total. The lowest BCUT2D eigenvalue weighted by Crippen LogP contribution is -2.19. The second-order valence-corrected chi connectivity index (χ2v) is 6.43. The number of carbonyl (C=O) groups excluding carboxylic acids is 1. The fourth-order valence-corrected chi connectivity index (χ4v) is 2.94. The smallest absolute Gasteiger partial charge is 0.323 e. The molecule has 0 aliphatic heterocycles. The predicted octanol–water partition coefficient (Wildman–Crippen LogP) is 5.16. The lowest BCUT2D eigenvalue weighted by atomic mass is 10.1. The topological polar surface area (TPSA) is 63.2 Å². The first-order valence-corrected chi connectivity index (χ1v) is 8.85. The first-order chi connectivity index (χ1) is 12.1. The molecule has 2 aromatic carbocycles. The zero-order valence-corrected chi connectivity index (χ0v) is 14.9. The third-order valence-corrected chi connectivity index (χ3v) is 4.25. The minimum Gasteiger partial charge on any atom is -0.494 e. The number of aromatic nitrogens is 1. The van der Waals surface area contributed by atoms with Crippen LogP contribution in [-0.2, 0) is 0 Å². The number of ether oxygens (including phenoxy) is 1. The van der Waals surface area contributed by atoms with Crippen LogP contribution in [0.2, 0.25) is 0 Å². The van der Waals surface area contributed by atoms with Gasteiger partial charge in [-0.05, 0) is 50.2 Å². The van der Waals surface area contributed by atoms with Crippen LogP contribution in [0.3, 0.4) is 0 Å². The van der Waals surface area contributed by atoms with Gasteiger partial charge >= 0.3 is 6.03 Å². The summed E-state index contributed by atoms with van der Waals surface area (Å²) in [6.07, 6.45) is 0. The molecule has 0 aliphatic rings. The molecule has 25 heavy (non-hydrogen) atoms. The maximum atomic E-state index is 12.1. The van der Waals surface area contributed by atoms with Gasteiger partial charge in [0.2, 0.25) is 0 Å². The second kappa shape index (κ2) is 7.81. The van der Waals surface area contributed by atoms with Crippen LogP contribution >= 0.6 is 11.3 Å². The van der Waals surface area contributed by atoms with E-state index in [1.807, 2.05) is 55.6 Å². The molecule has 0 spiro atoms. The Morgan fingerprint density at radius 2 is 1.64 bits per heavy atom. The van der Waals surface area contributed by atoms with Crippen LogP contribution in [0.15, 0.2) is 53.9 Å². The SMILES string of the molecule is CCOc1ccc(NC(=O)Nc2ccc(-c3csc(C)n3)cc2)cc1. The number of hydrogen-bond acceptors (Lipinski definition) is 4. The van der Waals surface area contributed by atoms with Gasteiger partial charge in [-0.15, -0.1) is 11.3 Å². The van der Waals surface area contributed by atoms with Crippen molar-refractivity contribution in [1.29, 1.82) is 0 Å². The number of nitrogens with zero attached hydrogens (tertiary/aromatic N) is 1. The summed E-state index contributed by atoms with van der Waals surface area (Å²) in [6, 6.07) is 14.6. The number of anilines is 2. The van der Waals surface area contributed by atoms with E-state index in [0.29, 0.717) is 12.3 Å². The van der Waals surface area contributed by atoms with Crippen LogP contribution in [0.1, 0.15) is 11.9 Å². The number of urea groups is 1. The van der Waals surface area contributed by atoms with Gasteiger partial charge in [-0.2, -0.15) is 0 Å². The summed E-state index contributed by atoms with van der Waals surface area (Å²) < 4.78 is 5.38. The van der Waals surface area contributed by atoms with E-state index >= 15 is 0 Å². The van der Waals surface area contributed by atoms with Crippen molar-refractivity contribution in [3.05, 3.63) is 58.9 Å². The summed E-state index contributed by atoms with van der Waals surface area (Å²) in [5.41, 5.74) is 3.41. The quantitative estimate of drug-likeness (QED) is 0.666. The summed E-state index contributed by atoms with van der Waals surface area (Å²) in [7, 11) is 0. The molecule has 0 atom stereocenters. The summed E-state index contributed by atoms with van der Waals surface area (Å²) in [5.74, 6) is 0.779. The number of benzene rings is 2. The van der Waals surface area contributed by atoms with E-state index in [1.165, 1.54) is 0 Å². The molecule has 2 N–H and O–H groups in total. The van der Waals surface area contributed by atoms with Gasteiger partial charge in [0.25, 0.3) is 0 Å². The summed E-state index contributed by atoms with van der Waals surface area (Å²) in [4.78, 5) is 16.5. The number of thiazole rings is 1. The maximum absolute atomic E-state index is 12.1. The highest BCUT2D eigenvalue weighted by Crippen LogP contribution is 2.23. The lowest BCUT2D eigenvalue weighted by Gasteiger charge is -2.09. The van der Waals surface area contributed by atoms with Gasteiger partial charge in [-0.1, -0.05) is 12.1 Å². The molecule has 1 aromatic heterocycles. The van der Waals surface area contributed by atoms with E-state index in [0.717, 1.165) is 27.7 Å². The average molecular weight is 353 g/mol. The molecule has 2 amide bonds. The molecule has 3 aromatic rings. The van der Waals surface area contributed by atoms with Crippen LogP contribution in [0.4, 0.5) is 16.2 Å². The lowest BCUT2D eigenvalue weighted by molar-refractivity contribution is 0.262. The molecule has 0 unspecified atom stereocenters. The summed E-state index contributed by atoms with van der Waals surface area (Å²) in [6.45, 7) is 4.53. The molecule has 3 rings (SSSR count). The van der Waals surface area contributed by atoms with E-state index in [-0.39, 0.29) is 6.03 Å². The zero-order valence-electron chi connectivity index (χ0n) is 14.1. The van der Waals surface area contributed by atoms with Crippen LogP contribution < -0.4 is 15.4 Å². The molecule has 1 heterocycles. The molecule has 0 aliphatic carbocycles. The Balaban J connectivity index is 1.59. The van der Waals surface area contributed by atoms with Gasteiger partial charge < -0.3 is 15.4 Å². The Morgan fingerprint density at radius 3 is 2.16 bits per heavy atom. The van der Waals surface area contributed by atoms with Crippen molar-refractivity contribution in [2.75, 3.05) is 17.2 Å². The van der Waals surface area contributed by atoms with Gasteiger partial charge in [-0.3, -0.25) is 0 Å². The Labute approximate surface area is 150 Å². The van der Waals surface area contributed by atoms with Crippen LogP contribution in [0, 0.1) is 6.92 Å². The molecule has 0 saturated carbocycles. The van der Waals surface area contributed by atoms with Crippen molar-refractivity contribution in [2.45, 2.75) is 13.8 Å². The highest BCUT2D eigenvalue weighted by Gasteiger charge is 2.05. The van der Waals surface area contributed by atoms with Crippen molar-refractivity contribution >= 4 is 28.7 Å². The second-order valence-electron chi connectivity index (χ2n) is 5.37. The van der Waals surface area contributed by atoms with E-state index in [1.54, 1.807) is 23.5 Å². The van der Waals surface area contributed by atoms with Gasteiger partial charge in [0, 0.05) is 22.3 Å². The molecule has 0 fully saturated rings. The first-order valence-electron chi connectivity index (χ1n) is 7.97. The van der Waals surface area contributed by atoms with Gasteiger partial charge in [0.05, 0.1) is 17.3 Å². The molecular formula is C19H19N3O2S. The minimum atomic E-state index is -0.290. The fraction of sp³-hybridized carbons (Fsp3) is 0.158. The van der Waals surface area contributed by atoms with E-state index in [4.69, 9.17) is 4.74 Å². The Hall–Kier alpha value is -2.86. The Morgan fingerprint density at radius 1 is 1.04 bits per heavy atom. The van der Waals surface area contributed by atoms with Crippen LogP contribution in [0.25, 0.3) is 11.3 Å². The zero-order chi connectivity index (χ0) is 17.6. The molecule has 0 bridgehead atoms. The molecule has 0 saturated heterocycles. The van der Waals surface area contributed by atoms with E-state index < -0.39 is 0 Å². The molecular weight excluding hydrogens is 334 g/mol. The first kappa shape index (κ1) is 17.0. The maximum Gasteiger partial charge on any atom is 0.323 e. The van der Waals surface area contributed by atoms with Crippen molar-refractivity contribution < 1.29 is 9.53 Å². The number of amides is 2. The fourth-order valence-electron chi connectivity index (χ4n) is 2.31. The van der Waals surface area contributed by atoms with Gasteiger partial charge in [0.1, 0.15) is 5.75 Å². The summed E-state index contributed by atoms with van der Waals surface area (Å²) >= 11 is 1.62. The van der Waals surface area contributed by atoms with Crippen molar-refractivity contribution in [1.82, 2.24) is 4.98 Å². The monoisotopic (exact) mass is 353 g/mol. The number of rotatable bonds is 5. The highest BCUT2D eigenvalue weighted by molar-refractivity contribution is 7.09. The average Bonchev–Trinajstić information content (AvgIpc) is 3.04. The molecule has 128 valence electrons. The van der Waals surface area contributed by atoms with Crippen molar-refractivity contribution in [2.24, 2.45) is 0 Å². The number of carbonyl (C=O) groups is 1. The highest BCUT2D eigenvalue weighted by atomic mass is 32.1. The van der Waals surface area contributed by atoms with Crippen molar-refractivity contribution in [3.63, 3.8) is 0 Å². The van der Waals surface area contributed by atoms with E-state index in [9.17, 15) is 4.79 Å². The third kappa shape index (κ3) is 4.58. The van der Waals surface area contributed by atoms with Crippen LogP contribution in [0.5, 0.6) is 5.75 Å². The van der Waals surface area contributed by atoms with E-state index in [2.05, 4.69) is 15.6 Å². The number of hydrogen-bond donors (Lipinski definition) is 2.